The predicted octanol–water partition coefficient (Wildman–Crippen LogP) is 3.04. The average Bonchev–Trinajstić information content (AvgIpc) is 2.84. The standard InChI is InChI=1S/C14H21N3O/c1-9-6-7-14(18-9)12(4)15-10(2)13-8-17(5)16-11(13)3/h6-8,10,12,15H,1-5H3. The largest absolute Gasteiger partial charge is 0.465 e. The molecule has 4 heteroatoms. The maximum atomic E-state index is 5.63. The minimum atomic E-state index is 0.188. The second-order valence-corrected chi connectivity index (χ2v) is 4.90. The molecule has 2 heterocycles. The number of furan rings is 1. The number of nitrogens with one attached hydrogen (secondary N) is 1. The van der Waals surface area contributed by atoms with Crippen LogP contribution < -0.4 is 5.32 Å². The van der Waals surface area contributed by atoms with E-state index in [0.29, 0.717) is 0 Å². The smallest absolute Gasteiger partial charge is 0.120 e. The molecule has 0 radical (unpaired) electrons. The van der Waals surface area contributed by atoms with Crippen LogP contribution in [0.1, 0.15) is 48.7 Å². The highest BCUT2D eigenvalue weighted by Crippen LogP contribution is 2.22. The lowest BCUT2D eigenvalue weighted by atomic mass is 10.1. The highest BCUT2D eigenvalue weighted by Gasteiger charge is 2.16. The van der Waals surface area contributed by atoms with Crippen LogP contribution in [-0.2, 0) is 7.05 Å². The first kappa shape index (κ1) is 12.9. The molecule has 0 fully saturated rings. The molecule has 2 atom stereocenters. The fourth-order valence-corrected chi connectivity index (χ4v) is 2.28. The van der Waals surface area contributed by atoms with Crippen molar-refractivity contribution in [1.82, 2.24) is 15.1 Å². The number of aromatic nitrogens is 2. The normalized spacial score (nSPS) is 14.7. The quantitative estimate of drug-likeness (QED) is 0.903. The molecule has 0 bridgehead atoms. The Morgan fingerprint density at radius 2 is 1.94 bits per heavy atom. The van der Waals surface area contributed by atoms with Crippen molar-refractivity contribution in [2.45, 2.75) is 39.8 Å². The number of aryl methyl sites for hydroxylation is 3. The van der Waals surface area contributed by atoms with E-state index in [1.54, 1.807) is 0 Å². The Morgan fingerprint density at radius 3 is 2.44 bits per heavy atom. The van der Waals surface area contributed by atoms with Crippen molar-refractivity contribution in [3.63, 3.8) is 0 Å². The van der Waals surface area contributed by atoms with E-state index in [2.05, 4.69) is 30.5 Å². The summed E-state index contributed by atoms with van der Waals surface area (Å²) in [5.74, 6) is 1.92. The third kappa shape index (κ3) is 2.64. The van der Waals surface area contributed by atoms with Gasteiger partial charge in [0.1, 0.15) is 11.5 Å². The van der Waals surface area contributed by atoms with Gasteiger partial charge in [-0.2, -0.15) is 5.10 Å². The number of hydrogen-bond donors (Lipinski definition) is 1. The fourth-order valence-electron chi connectivity index (χ4n) is 2.28. The molecule has 1 N–H and O–H groups in total. The van der Waals surface area contributed by atoms with E-state index in [0.717, 1.165) is 17.2 Å². The van der Waals surface area contributed by atoms with E-state index in [1.165, 1.54) is 5.56 Å². The van der Waals surface area contributed by atoms with Gasteiger partial charge in [-0.15, -0.1) is 0 Å². The van der Waals surface area contributed by atoms with Crippen molar-refractivity contribution >= 4 is 0 Å². The second-order valence-electron chi connectivity index (χ2n) is 4.90. The topological polar surface area (TPSA) is 43.0 Å². The Morgan fingerprint density at radius 1 is 1.22 bits per heavy atom. The van der Waals surface area contributed by atoms with Gasteiger partial charge in [0.05, 0.1) is 11.7 Å². The zero-order chi connectivity index (χ0) is 13.3. The van der Waals surface area contributed by atoms with Gasteiger partial charge >= 0.3 is 0 Å². The van der Waals surface area contributed by atoms with Crippen molar-refractivity contribution in [3.8, 4) is 0 Å². The van der Waals surface area contributed by atoms with Crippen LogP contribution in [-0.4, -0.2) is 9.78 Å². The van der Waals surface area contributed by atoms with E-state index < -0.39 is 0 Å². The fraction of sp³-hybridized carbons (Fsp3) is 0.500. The van der Waals surface area contributed by atoms with Gasteiger partial charge < -0.3 is 9.73 Å². The molecule has 0 aliphatic rings. The Kier molecular flexibility index (Phi) is 3.57. The molecule has 18 heavy (non-hydrogen) atoms. The van der Waals surface area contributed by atoms with Crippen molar-refractivity contribution in [2.24, 2.45) is 7.05 Å². The zero-order valence-electron chi connectivity index (χ0n) is 11.7. The number of nitrogens with zero attached hydrogens (tertiary/aromatic N) is 2. The summed E-state index contributed by atoms with van der Waals surface area (Å²) in [6.45, 7) is 8.26. The summed E-state index contributed by atoms with van der Waals surface area (Å²) in [7, 11) is 1.95. The van der Waals surface area contributed by atoms with Gasteiger partial charge in [-0.25, -0.2) is 0 Å². The molecule has 0 spiro atoms. The minimum absolute atomic E-state index is 0.188. The Labute approximate surface area is 108 Å². The Bertz CT molecular complexity index is 527. The second kappa shape index (κ2) is 4.98. The molecule has 0 saturated carbocycles. The SMILES string of the molecule is Cc1ccc(C(C)NC(C)c2cn(C)nc2C)o1. The predicted molar refractivity (Wildman–Crippen MR) is 71.4 cm³/mol. The van der Waals surface area contributed by atoms with E-state index >= 15 is 0 Å². The molecule has 2 unspecified atom stereocenters. The van der Waals surface area contributed by atoms with Gasteiger partial charge in [0.15, 0.2) is 0 Å². The molecule has 2 aromatic rings. The zero-order valence-corrected chi connectivity index (χ0v) is 11.7. The highest BCUT2D eigenvalue weighted by atomic mass is 16.3. The molecular formula is C14H21N3O. The molecule has 0 amide bonds. The van der Waals surface area contributed by atoms with Crippen LogP contribution in [0, 0.1) is 13.8 Å². The maximum Gasteiger partial charge on any atom is 0.120 e. The van der Waals surface area contributed by atoms with Gasteiger partial charge in [-0.3, -0.25) is 4.68 Å². The van der Waals surface area contributed by atoms with Crippen molar-refractivity contribution in [2.75, 3.05) is 0 Å². The van der Waals surface area contributed by atoms with Crippen LogP contribution in [0.25, 0.3) is 0 Å². The number of rotatable bonds is 4. The summed E-state index contributed by atoms with van der Waals surface area (Å²) in [4.78, 5) is 0. The summed E-state index contributed by atoms with van der Waals surface area (Å²) < 4.78 is 7.49. The van der Waals surface area contributed by atoms with Crippen LogP contribution in [0.5, 0.6) is 0 Å². The summed E-state index contributed by atoms with van der Waals surface area (Å²) in [6, 6.07) is 4.45. The third-order valence-electron chi connectivity index (χ3n) is 3.21. The van der Waals surface area contributed by atoms with Crippen molar-refractivity contribution in [1.29, 1.82) is 0 Å². The van der Waals surface area contributed by atoms with Gasteiger partial charge in [-0.1, -0.05) is 0 Å². The van der Waals surface area contributed by atoms with E-state index in [4.69, 9.17) is 4.42 Å². The summed E-state index contributed by atoms with van der Waals surface area (Å²) in [6.07, 6.45) is 2.06. The Balaban J connectivity index is 2.07. The summed E-state index contributed by atoms with van der Waals surface area (Å²) in [5.41, 5.74) is 2.30. The lowest BCUT2D eigenvalue weighted by Gasteiger charge is -2.18. The van der Waals surface area contributed by atoms with Gasteiger partial charge in [0, 0.05) is 24.8 Å². The average molecular weight is 247 g/mol. The monoisotopic (exact) mass is 247 g/mol. The molecular weight excluding hydrogens is 226 g/mol. The molecule has 2 rings (SSSR count). The van der Waals surface area contributed by atoms with Gasteiger partial charge in [0.2, 0.25) is 0 Å². The van der Waals surface area contributed by atoms with Crippen molar-refractivity contribution < 1.29 is 4.42 Å². The molecule has 98 valence electrons. The molecule has 0 aliphatic heterocycles. The summed E-state index contributed by atoms with van der Waals surface area (Å²) in [5, 5.41) is 7.90. The highest BCUT2D eigenvalue weighted by molar-refractivity contribution is 5.20. The Hall–Kier alpha value is -1.55. The van der Waals surface area contributed by atoms with Gasteiger partial charge in [0.25, 0.3) is 0 Å². The first-order valence-corrected chi connectivity index (χ1v) is 6.30. The van der Waals surface area contributed by atoms with Crippen molar-refractivity contribution in [3.05, 3.63) is 41.1 Å². The molecule has 0 aliphatic carbocycles. The van der Waals surface area contributed by atoms with Crippen LogP contribution in [0.2, 0.25) is 0 Å². The number of hydrogen-bond acceptors (Lipinski definition) is 3. The maximum absolute atomic E-state index is 5.63. The van der Waals surface area contributed by atoms with E-state index in [-0.39, 0.29) is 12.1 Å². The first-order valence-electron chi connectivity index (χ1n) is 6.30. The first-order chi connectivity index (χ1) is 8.47. The minimum Gasteiger partial charge on any atom is -0.465 e. The lowest BCUT2D eigenvalue weighted by molar-refractivity contribution is 0.392. The lowest BCUT2D eigenvalue weighted by Crippen LogP contribution is -2.22. The molecule has 0 aromatic carbocycles. The molecule has 0 saturated heterocycles. The van der Waals surface area contributed by atoms with Crippen LogP contribution >= 0.6 is 0 Å². The van der Waals surface area contributed by atoms with E-state index in [1.807, 2.05) is 37.7 Å². The van der Waals surface area contributed by atoms with Crippen LogP contribution in [0.15, 0.2) is 22.7 Å². The van der Waals surface area contributed by atoms with Crippen LogP contribution in [0.4, 0.5) is 0 Å². The third-order valence-corrected chi connectivity index (χ3v) is 3.21. The summed E-state index contributed by atoms with van der Waals surface area (Å²) >= 11 is 0. The van der Waals surface area contributed by atoms with Gasteiger partial charge in [-0.05, 0) is 39.8 Å². The van der Waals surface area contributed by atoms with Crippen LogP contribution in [0.3, 0.4) is 0 Å². The molecule has 4 nitrogen and oxygen atoms in total. The molecule has 2 aromatic heterocycles. The van der Waals surface area contributed by atoms with E-state index in [9.17, 15) is 0 Å².